The van der Waals surface area contributed by atoms with Crippen molar-refractivity contribution in [2.24, 2.45) is 0 Å². The molecule has 56 heavy (non-hydrogen) atoms. The lowest BCUT2D eigenvalue weighted by molar-refractivity contribution is -0.364. The standard InChI is InChI=1S/C44H48O12/c1-4-25-49-36-29(2)53-43(35(45)38(36)55-42(47)33-23-15-8-16-24-33)56-37-34(28-52-41(46)32-21-13-7-14-22-32)54-44(48-3)40(51-27-31-19-11-6-12-20-31)39(37)50-26-30-17-9-5-10-18-30/h4-24,29,34-40,43-45H,1,25-28H2,2-3H3/t29-,34+,35+,36-,37-,38-,39-,40+,43-,44+/m0/s1. The van der Waals surface area contributed by atoms with Gasteiger partial charge in [0.2, 0.25) is 0 Å². The minimum Gasteiger partial charge on any atom is -0.459 e. The number of methoxy groups -OCH3 is 1. The topological polar surface area (TPSA) is 137 Å². The van der Waals surface area contributed by atoms with Crippen LogP contribution >= 0.6 is 0 Å². The van der Waals surface area contributed by atoms with Crippen molar-refractivity contribution in [3.8, 4) is 0 Å². The largest absolute Gasteiger partial charge is 0.459 e. The molecular weight excluding hydrogens is 720 g/mol. The van der Waals surface area contributed by atoms with Crippen LogP contribution in [0.2, 0.25) is 0 Å². The summed E-state index contributed by atoms with van der Waals surface area (Å²) in [7, 11) is 1.48. The molecule has 2 heterocycles. The van der Waals surface area contributed by atoms with E-state index in [0.29, 0.717) is 5.56 Å². The fourth-order valence-corrected chi connectivity index (χ4v) is 6.65. The molecule has 0 spiro atoms. The monoisotopic (exact) mass is 768 g/mol. The minimum atomic E-state index is -1.56. The lowest BCUT2D eigenvalue weighted by atomic mass is 9.96. The van der Waals surface area contributed by atoms with E-state index in [1.165, 1.54) is 7.11 Å². The first kappa shape index (κ1) is 40.9. The first-order valence-corrected chi connectivity index (χ1v) is 18.5. The maximum atomic E-state index is 13.4. The maximum Gasteiger partial charge on any atom is 0.338 e. The van der Waals surface area contributed by atoms with Gasteiger partial charge in [-0.25, -0.2) is 9.59 Å². The Balaban J connectivity index is 1.33. The summed E-state index contributed by atoms with van der Waals surface area (Å²) in [5.41, 5.74) is 2.41. The molecule has 2 saturated heterocycles. The molecule has 0 saturated carbocycles. The van der Waals surface area contributed by atoms with Crippen LogP contribution in [0, 0.1) is 0 Å². The van der Waals surface area contributed by atoms with E-state index >= 15 is 0 Å². The number of hydrogen-bond acceptors (Lipinski definition) is 12. The Bertz CT molecular complexity index is 1790. The fourth-order valence-electron chi connectivity index (χ4n) is 6.65. The van der Waals surface area contributed by atoms with E-state index < -0.39 is 73.4 Å². The summed E-state index contributed by atoms with van der Waals surface area (Å²) in [6.45, 7) is 5.60. The lowest BCUT2D eigenvalue weighted by Crippen LogP contribution is -2.65. The summed E-state index contributed by atoms with van der Waals surface area (Å²) in [5, 5.41) is 12.0. The molecular formula is C44H48O12. The Labute approximate surface area is 326 Å². The van der Waals surface area contributed by atoms with Gasteiger partial charge in [-0.15, -0.1) is 6.58 Å². The summed E-state index contributed by atoms with van der Waals surface area (Å²) in [5.74, 6) is -1.24. The second kappa shape index (κ2) is 20.4. The van der Waals surface area contributed by atoms with Gasteiger partial charge < -0.3 is 47.7 Å². The molecule has 6 rings (SSSR count). The predicted molar refractivity (Wildman–Crippen MR) is 203 cm³/mol. The number of rotatable bonds is 17. The van der Waals surface area contributed by atoms with Crippen LogP contribution in [0.3, 0.4) is 0 Å². The first-order valence-electron chi connectivity index (χ1n) is 18.5. The van der Waals surface area contributed by atoms with Gasteiger partial charge in [0.25, 0.3) is 0 Å². The van der Waals surface area contributed by atoms with Gasteiger partial charge in [0.15, 0.2) is 18.7 Å². The normalized spacial score (nSPS) is 27.6. The second-order valence-corrected chi connectivity index (χ2v) is 13.4. The van der Waals surface area contributed by atoms with Crippen LogP contribution in [-0.4, -0.2) is 98.8 Å². The SMILES string of the molecule is C=CCO[C@@H]1[C@@H](OC(=O)c2ccccc2)[C@@H](O)[C@H](O[C@@H]2[C@H](OCc3ccccc3)[C@@H](OCc3ccccc3)[C@H](OC)O[C@@H]2COC(=O)c2ccccc2)O[C@H]1C. The third-order valence-corrected chi connectivity index (χ3v) is 9.48. The van der Waals surface area contributed by atoms with Crippen LogP contribution in [0.15, 0.2) is 134 Å². The first-order chi connectivity index (χ1) is 27.4. The van der Waals surface area contributed by atoms with Crippen molar-refractivity contribution in [1.82, 2.24) is 0 Å². The van der Waals surface area contributed by atoms with E-state index in [2.05, 4.69) is 6.58 Å². The summed E-state index contributed by atoms with van der Waals surface area (Å²) >= 11 is 0. The zero-order chi connectivity index (χ0) is 39.3. The highest BCUT2D eigenvalue weighted by molar-refractivity contribution is 5.89. The Hall–Kier alpha value is -4.76. The van der Waals surface area contributed by atoms with E-state index in [-0.39, 0.29) is 32.0 Å². The van der Waals surface area contributed by atoms with E-state index in [4.69, 9.17) is 42.6 Å². The van der Waals surface area contributed by atoms with Crippen molar-refractivity contribution in [3.05, 3.63) is 156 Å². The minimum absolute atomic E-state index is 0.107. The van der Waals surface area contributed by atoms with Gasteiger partial charge in [0, 0.05) is 7.11 Å². The van der Waals surface area contributed by atoms with Crippen LogP contribution in [0.1, 0.15) is 38.8 Å². The quantitative estimate of drug-likeness (QED) is 0.105. The molecule has 0 radical (unpaired) electrons. The molecule has 0 bridgehead atoms. The third kappa shape index (κ3) is 10.5. The predicted octanol–water partition coefficient (Wildman–Crippen LogP) is 5.67. The van der Waals surface area contributed by atoms with Gasteiger partial charge >= 0.3 is 11.9 Å². The van der Waals surface area contributed by atoms with Crippen molar-refractivity contribution in [2.75, 3.05) is 20.3 Å². The summed E-state index contributed by atoms with van der Waals surface area (Å²) < 4.78 is 56.1. The molecule has 10 atom stereocenters. The molecule has 0 unspecified atom stereocenters. The zero-order valence-electron chi connectivity index (χ0n) is 31.4. The summed E-state index contributed by atoms with van der Waals surface area (Å²) in [4.78, 5) is 26.6. The van der Waals surface area contributed by atoms with Crippen molar-refractivity contribution < 1.29 is 57.3 Å². The molecule has 0 amide bonds. The Kier molecular flexibility index (Phi) is 14.9. The zero-order valence-corrected chi connectivity index (χ0v) is 31.4. The average molecular weight is 769 g/mol. The number of benzene rings is 4. The Morgan fingerprint density at radius 3 is 1.75 bits per heavy atom. The molecule has 4 aromatic carbocycles. The number of carbonyl (C=O) groups excluding carboxylic acids is 2. The van der Waals surface area contributed by atoms with Gasteiger partial charge in [-0.3, -0.25) is 0 Å². The highest BCUT2D eigenvalue weighted by Gasteiger charge is 2.54. The number of carbonyl (C=O) groups is 2. The highest BCUT2D eigenvalue weighted by Crippen LogP contribution is 2.35. The van der Waals surface area contributed by atoms with Crippen LogP contribution < -0.4 is 0 Å². The van der Waals surface area contributed by atoms with E-state index in [1.54, 1.807) is 73.7 Å². The van der Waals surface area contributed by atoms with Gasteiger partial charge in [-0.2, -0.15) is 0 Å². The van der Waals surface area contributed by atoms with Crippen molar-refractivity contribution in [3.63, 3.8) is 0 Å². The Morgan fingerprint density at radius 2 is 1.20 bits per heavy atom. The summed E-state index contributed by atoms with van der Waals surface area (Å²) in [6.07, 6.45) is -9.19. The lowest BCUT2D eigenvalue weighted by Gasteiger charge is -2.48. The number of esters is 2. The molecule has 12 nitrogen and oxygen atoms in total. The molecule has 1 N–H and O–H groups in total. The van der Waals surface area contributed by atoms with Crippen molar-refractivity contribution in [1.29, 1.82) is 0 Å². The second-order valence-electron chi connectivity index (χ2n) is 13.4. The number of aliphatic hydroxyl groups is 1. The van der Waals surface area contributed by atoms with Crippen molar-refractivity contribution >= 4 is 11.9 Å². The van der Waals surface area contributed by atoms with E-state index in [9.17, 15) is 14.7 Å². The van der Waals surface area contributed by atoms with Gasteiger partial charge in [-0.1, -0.05) is 103 Å². The van der Waals surface area contributed by atoms with E-state index in [0.717, 1.165) is 11.1 Å². The molecule has 12 heteroatoms. The van der Waals surface area contributed by atoms with Crippen LogP contribution in [0.25, 0.3) is 0 Å². The highest BCUT2D eigenvalue weighted by atomic mass is 16.8. The molecule has 0 aromatic heterocycles. The number of ether oxygens (including phenoxy) is 9. The van der Waals surface area contributed by atoms with Crippen LogP contribution in [0.5, 0.6) is 0 Å². The van der Waals surface area contributed by atoms with Crippen LogP contribution in [-0.2, 0) is 55.8 Å². The molecule has 2 aliphatic heterocycles. The van der Waals surface area contributed by atoms with Gasteiger partial charge in [-0.05, 0) is 42.3 Å². The average Bonchev–Trinajstić information content (AvgIpc) is 3.24. The molecule has 0 aliphatic carbocycles. The molecule has 296 valence electrons. The molecule has 4 aromatic rings. The maximum absolute atomic E-state index is 13.4. The van der Waals surface area contributed by atoms with Crippen molar-refractivity contribution in [2.45, 2.75) is 81.5 Å². The Morgan fingerprint density at radius 1 is 0.661 bits per heavy atom. The third-order valence-electron chi connectivity index (χ3n) is 9.48. The summed E-state index contributed by atoms with van der Waals surface area (Å²) in [6, 6.07) is 36.1. The fraction of sp³-hybridized carbons (Fsp3) is 0.364. The van der Waals surface area contributed by atoms with E-state index in [1.807, 2.05) is 60.7 Å². The molecule has 2 aliphatic rings. The number of hydrogen-bond donors (Lipinski definition) is 1. The smallest absolute Gasteiger partial charge is 0.338 e. The number of aliphatic hydroxyl groups excluding tert-OH is 1. The van der Waals surface area contributed by atoms with Crippen LogP contribution in [0.4, 0.5) is 0 Å². The molecule has 2 fully saturated rings. The van der Waals surface area contributed by atoms with Gasteiger partial charge in [0.05, 0.1) is 37.1 Å². The van der Waals surface area contributed by atoms with Gasteiger partial charge in [0.1, 0.15) is 43.2 Å².